The third-order valence-corrected chi connectivity index (χ3v) is 4.63. The summed E-state index contributed by atoms with van der Waals surface area (Å²) >= 11 is 1.26. The number of nitrogens with zero attached hydrogens (tertiary/aromatic N) is 2. The topological polar surface area (TPSA) is 65.2 Å². The minimum Gasteiger partial charge on any atom is -0.497 e. The first-order valence-corrected chi connectivity index (χ1v) is 8.70. The van der Waals surface area contributed by atoms with Gasteiger partial charge in [0.05, 0.1) is 12.4 Å². The molecule has 1 aromatic heterocycles. The van der Waals surface area contributed by atoms with E-state index in [0.717, 1.165) is 16.9 Å². The fourth-order valence-corrected chi connectivity index (χ4v) is 3.11. The van der Waals surface area contributed by atoms with Gasteiger partial charge in [-0.05, 0) is 50.2 Å². The molecule has 0 fully saturated rings. The molecule has 1 heterocycles. The second-order valence-electron chi connectivity index (χ2n) is 5.60. The number of aromatic nitrogens is 2. The predicted octanol–water partition coefficient (Wildman–Crippen LogP) is 4.42. The lowest BCUT2D eigenvalue weighted by molar-refractivity contribution is 0.0993. The fraction of sp³-hybridized carbons (Fsp3) is 0.211. The summed E-state index contributed by atoms with van der Waals surface area (Å²) < 4.78 is 10.8. The Kier molecular flexibility index (Phi) is 5.19. The first-order chi connectivity index (χ1) is 12.1. The van der Waals surface area contributed by atoms with Crippen LogP contribution in [0.15, 0.2) is 58.2 Å². The number of hydrogen-bond acceptors (Lipinski definition) is 6. The summed E-state index contributed by atoms with van der Waals surface area (Å²) in [5.74, 6) is 1.18. The van der Waals surface area contributed by atoms with Crippen LogP contribution in [0.1, 0.15) is 22.8 Å². The zero-order chi connectivity index (χ0) is 17.8. The normalized spacial score (nSPS) is 12.0. The van der Waals surface area contributed by atoms with Crippen molar-refractivity contribution < 1.29 is 13.9 Å². The minimum absolute atomic E-state index is 0.00274. The van der Waals surface area contributed by atoms with E-state index in [1.54, 1.807) is 31.4 Å². The standard InChI is InChI=1S/C19H18N2O3S/c1-12-5-4-6-15(11-12)18-20-21-19(24-18)25-13(2)17(22)14-7-9-16(23-3)10-8-14/h4-11,13H,1-3H3. The molecule has 1 atom stereocenters. The molecule has 0 aliphatic rings. The van der Waals surface area contributed by atoms with Gasteiger partial charge in [0.15, 0.2) is 5.78 Å². The van der Waals surface area contributed by atoms with Crippen molar-refractivity contribution in [3.8, 4) is 17.2 Å². The van der Waals surface area contributed by atoms with E-state index in [-0.39, 0.29) is 11.0 Å². The van der Waals surface area contributed by atoms with Crippen molar-refractivity contribution in [1.29, 1.82) is 0 Å². The lowest BCUT2D eigenvalue weighted by Gasteiger charge is -2.08. The Hall–Kier alpha value is -2.60. The molecule has 0 bridgehead atoms. The Morgan fingerprint density at radius 2 is 1.92 bits per heavy atom. The zero-order valence-electron chi connectivity index (χ0n) is 14.2. The van der Waals surface area contributed by atoms with Gasteiger partial charge in [-0.15, -0.1) is 10.2 Å². The van der Waals surface area contributed by atoms with E-state index >= 15 is 0 Å². The lowest BCUT2D eigenvalue weighted by atomic mass is 10.1. The highest BCUT2D eigenvalue weighted by Gasteiger charge is 2.20. The van der Waals surface area contributed by atoms with Crippen LogP contribution in [0.2, 0.25) is 0 Å². The molecule has 0 amide bonds. The Morgan fingerprint density at radius 3 is 2.60 bits per heavy atom. The summed E-state index contributed by atoms with van der Waals surface area (Å²) in [6, 6.07) is 14.9. The molecule has 2 aromatic carbocycles. The van der Waals surface area contributed by atoms with Crippen LogP contribution in [0.5, 0.6) is 5.75 Å². The number of ether oxygens (including phenoxy) is 1. The Morgan fingerprint density at radius 1 is 1.16 bits per heavy atom. The van der Waals surface area contributed by atoms with E-state index in [9.17, 15) is 4.79 Å². The number of benzene rings is 2. The number of carbonyl (C=O) groups excluding carboxylic acids is 1. The fourth-order valence-electron chi connectivity index (χ4n) is 2.35. The second-order valence-corrected chi connectivity index (χ2v) is 6.89. The summed E-state index contributed by atoms with van der Waals surface area (Å²) in [6.45, 7) is 3.83. The molecule has 0 saturated carbocycles. The molecule has 0 saturated heterocycles. The van der Waals surface area contributed by atoms with Gasteiger partial charge < -0.3 is 9.15 Å². The van der Waals surface area contributed by atoms with Gasteiger partial charge in [0, 0.05) is 11.1 Å². The molecule has 1 unspecified atom stereocenters. The number of rotatable bonds is 6. The van der Waals surface area contributed by atoms with Gasteiger partial charge in [-0.1, -0.05) is 29.5 Å². The average Bonchev–Trinajstić information content (AvgIpc) is 3.09. The molecule has 3 rings (SSSR count). The first kappa shape index (κ1) is 17.2. The van der Waals surface area contributed by atoms with Gasteiger partial charge in [0.1, 0.15) is 5.75 Å². The highest BCUT2D eigenvalue weighted by atomic mass is 32.2. The second kappa shape index (κ2) is 7.53. The number of aryl methyl sites for hydroxylation is 1. The van der Waals surface area contributed by atoms with Crippen LogP contribution in [-0.4, -0.2) is 28.3 Å². The van der Waals surface area contributed by atoms with Crippen LogP contribution in [0.4, 0.5) is 0 Å². The van der Waals surface area contributed by atoms with Gasteiger partial charge in [0.25, 0.3) is 5.22 Å². The third-order valence-electron chi connectivity index (χ3n) is 3.69. The number of carbonyl (C=O) groups is 1. The average molecular weight is 354 g/mol. The maximum Gasteiger partial charge on any atom is 0.277 e. The Labute approximate surface area is 150 Å². The Bertz CT molecular complexity index is 874. The summed E-state index contributed by atoms with van der Waals surface area (Å²) in [5, 5.41) is 8.16. The molecular weight excluding hydrogens is 336 g/mol. The van der Waals surface area contributed by atoms with Gasteiger partial charge in [-0.25, -0.2) is 0 Å². The largest absolute Gasteiger partial charge is 0.497 e. The molecule has 128 valence electrons. The molecule has 0 N–H and O–H groups in total. The van der Waals surface area contributed by atoms with Gasteiger partial charge in [-0.2, -0.15) is 0 Å². The first-order valence-electron chi connectivity index (χ1n) is 7.82. The van der Waals surface area contributed by atoms with Crippen molar-refractivity contribution in [3.05, 3.63) is 59.7 Å². The van der Waals surface area contributed by atoms with E-state index in [0.29, 0.717) is 16.7 Å². The smallest absolute Gasteiger partial charge is 0.277 e. The van der Waals surface area contributed by atoms with E-state index in [4.69, 9.17) is 9.15 Å². The maximum absolute atomic E-state index is 12.5. The van der Waals surface area contributed by atoms with Crippen molar-refractivity contribution in [2.75, 3.05) is 7.11 Å². The van der Waals surface area contributed by atoms with Crippen LogP contribution in [0.3, 0.4) is 0 Å². The summed E-state index contributed by atoms with van der Waals surface area (Å²) in [6.07, 6.45) is 0. The lowest BCUT2D eigenvalue weighted by Crippen LogP contribution is -2.13. The molecule has 25 heavy (non-hydrogen) atoms. The van der Waals surface area contributed by atoms with Crippen LogP contribution >= 0.6 is 11.8 Å². The molecule has 3 aromatic rings. The Balaban J connectivity index is 1.70. The summed E-state index contributed by atoms with van der Waals surface area (Å²) in [7, 11) is 1.59. The van der Waals surface area contributed by atoms with Crippen molar-refractivity contribution in [1.82, 2.24) is 10.2 Å². The van der Waals surface area contributed by atoms with Crippen molar-refractivity contribution in [3.63, 3.8) is 0 Å². The monoisotopic (exact) mass is 354 g/mol. The number of thioether (sulfide) groups is 1. The van der Waals surface area contributed by atoms with E-state index in [1.807, 2.05) is 38.1 Å². The SMILES string of the molecule is COc1ccc(C(=O)C(C)Sc2nnc(-c3cccc(C)c3)o2)cc1. The molecule has 6 heteroatoms. The van der Waals surface area contributed by atoms with Crippen molar-refractivity contribution >= 4 is 17.5 Å². The van der Waals surface area contributed by atoms with Gasteiger partial charge >= 0.3 is 0 Å². The summed E-state index contributed by atoms with van der Waals surface area (Å²) in [5.41, 5.74) is 2.61. The van der Waals surface area contributed by atoms with E-state index in [1.165, 1.54) is 11.8 Å². The van der Waals surface area contributed by atoms with Crippen LogP contribution < -0.4 is 4.74 Å². The van der Waals surface area contributed by atoms with Crippen LogP contribution in [0, 0.1) is 6.92 Å². The van der Waals surface area contributed by atoms with Gasteiger partial charge in [-0.3, -0.25) is 4.79 Å². The molecule has 5 nitrogen and oxygen atoms in total. The molecular formula is C19H18N2O3S. The number of ketones is 1. The molecule has 0 radical (unpaired) electrons. The van der Waals surface area contributed by atoms with Crippen molar-refractivity contribution in [2.24, 2.45) is 0 Å². The van der Waals surface area contributed by atoms with Crippen LogP contribution in [0.25, 0.3) is 11.5 Å². The van der Waals surface area contributed by atoms with Crippen molar-refractivity contribution in [2.45, 2.75) is 24.3 Å². The quantitative estimate of drug-likeness (QED) is 0.482. The minimum atomic E-state index is -0.334. The third kappa shape index (κ3) is 4.09. The molecule has 0 aliphatic carbocycles. The zero-order valence-corrected chi connectivity index (χ0v) is 15.0. The number of methoxy groups -OCH3 is 1. The van der Waals surface area contributed by atoms with Gasteiger partial charge in [0.2, 0.25) is 5.89 Å². The van der Waals surface area contributed by atoms with E-state index in [2.05, 4.69) is 10.2 Å². The predicted molar refractivity (Wildman–Crippen MR) is 97.1 cm³/mol. The van der Waals surface area contributed by atoms with E-state index < -0.39 is 0 Å². The summed E-state index contributed by atoms with van der Waals surface area (Å²) in [4.78, 5) is 12.5. The number of hydrogen-bond donors (Lipinski definition) is 0. The van der Waals surface area contributed by atoms with Crippen LogP contribution in [-0.2, 0) is 0 Å². The highest BCUT2D eigenvalue weighted by Crippen LogP contribution is 2.28. The molecule has 0 aliphatic heterocycles. The number of Topliss-reactive ketones (excluding diaryl/α,β-unsaturated/α-hetero) is 1. The highest BCUT2D eigenvalue weighted by molar-refractivity contribution is 8.00. The maximum atomic E-state index is 12.5. The molecule has 0 spiro atoms.